The number of rotatable bonds is 4. The Morgan fingerprint density at radius 2 is 2.08 bits per heavy atom. The maximum Gasteiger partial charge on any atom is 0.405 e. The highest BCUT2D eigenvalue weighted by Crippen LogP contribution is 2.24. The van der Waals surface area contributed by atoms with Gasteiger partial charge in [0.1, 0.15) is 6.54 Å². The van der Waals surface area contributed by atoms with Crippen LogP contribution in [-0.4, -0.2) is 41.9 Å². The lowest BCUT2D eigenvalue weighted by atomic mass is 9.97. The number of benzene rings is 1. The maximum atomic E-state index is 12.2. The fraction of sp³-hybridized carbons (Fsp3) is 0.438. The predicted octanol–water partition coefficient (Wildman–Crippen LogP) is 2.63. The van der Waals surface area contributed by atoms with Crippen LogP contribution in [0.3, 0.4) is 0 Å². The Hall–Kier alpha value is -2.58. The van der Waals surface area contributed by atoms with Crippen LogP contribution in [0.2, 0.25) is 0 Å². The van der Waals surface area contributed by atoms with E-state index in [0.29, 0.717) is 31.2 Å². The highest BCUT2D eigenvalue weighted by Gasteiger charge is 2.32. The fourth-order valence-electron chi connectivity index (χ4n) is 2.75. The molecule has 1 fully saturated rings. The highest BCUT2D eigenvalue weighted by atomic mass is 19.4. The largest absolute Gasteiger partial charge is 0.405 e. The minimum absolute atomic E-state index is 0.261. The summed E-state index contributed by atoms with van der Waals surface area (Å²) in [7, 11) is 0. The van der Waals surface area contributed by atoms with E-state index in [1.807, 2.05) is 35.6 Å². The number of hydrogen-bond acceptors (Lipinski definition) is 5. The standard InChI is InChI=1S/C16H17F3N4O2/c17-16(18,19)10-20-13(24)12-7-4-8-23(9-12)15-21-14(25-22-15)11-5-2-1-3-6-11/h1-3,5-6,12H,4,7-10H2,(H,20,24). The van der Waals surface area contributed by atoms with Crippen molar-refractivity contribution in [2.45, 2.75) is 19.0 Å². The fourth-order valence-corrected chi connectivity index (χ4v) is 2.75. The second-order valence-corrected chi connectivity index (χ2v) is 5.88. The number of amides is 1. The summed E-state index contributed by atoms with van der Waals surface area (Å²) in [6, 6.07) is 9.24. The molecule has 0 spiro atoms. The van der Waals surface area contributed by atoms with Gasteiger partial charge in [0.25, 0.3) is 11.8 Å². The third-order valence-electron chi connectivity index (χ3n) is 3.97. The minimum atomic E-state index is -4.41. The number of nitrogens with one attached hydrogen (secondary N) is 1. The molecule has 9 heteroatoms. The Kier molecular flexibility index (Phi) is 4.91. The summed E-state index contributed by atoms with van der Waals surface area (Å²) in [5.74, 6) is -0.435. The van der Waals surface area contributed by atoms with Gasteiger partial charge in [-0.1, -0.05) is 18.2 Å². The summed E-state index contributed by atoms with van der Waals surface area (Å²) in [6.07, 6.45) is -3.22. The van der Waals surface area contributed by atoms with Crippen molar-refractivity contribution in [1.82, 2.24) is 15.5 Å². The molecule has 0 radical (unpaired) electrons. The Morgan fingerprint density at radius 3 is 2.80 bits per heavy atom. The third kappa shape index (κ3) is 4.49. The summed E-state index contributed by atoms with van der Waals surface area (Å²) in [4.78, 5) is 18.0. The number of carbonyl (C=O) groups excluding carboxylic acids is 1. The lowest BCUT2D eigenvalue weighted by Crippen LogP contribution is -2.45. The molecule has 1 unspecified atom stereocenters. The van der Waals surface area contributed by atoms with E-state index in [0.717, 1.165) is 5.56 Å². The average molecular weight is 354 g/mol. The van der Waals surface area contributed by atoms with Gasteiger partial charge in [-0.25, -0.2) is 0 Å². The Bertz CT molecular complexity index is 718. The van der Waals surface area contributed by atoms with Crippen molar-refractivity contribution in [3.63, 3.8) is 0 Å². The molecule has 0 bridgehead atoms. The number of alkyl halides is 3. The first-order valence-electron chi connectivity index (χ1n) is 7.91. The van der Waals surface area contributed by atoms with Crippen molar-refractivity contribution < 1.29 is 22.5 Å². The van der Waals surface area contributed by atoms with Gasteiger partial charge in [0.2, 0.25) is 5.91 Å². The Labute approximate surface area is 142 Å². The van der Waals surface area contributed by atoms with E-state index in [4.69, 9.17) is 4.52 Å². The second-order valence-electron chi connectivity index (χ2n) is 5.88. The van der Waals surface area contributed by atoms with Gasteiger partial charge in [0.05, 0.1) is 5.92 Å². The molecule has 1 aliphatic heterocycles. The quantitative estimate of drug-likeness (QED) is 0.914. The third-order valence-corrected chi connectivity index (χ3v) is 3.97. The number of halogens is 3. The molecule has 1 atom stereocenters. The average Bonchev–Trinajstić information content (AvgIpc) is 3.10. The van der Waals surface area contributed by atoms with E-state index in [-0.39, 0.29) is 6.54 Å². The molecule has 1 aromatic heterocycles. The van der Waals surface area contributed by atoms with E-state index in [2.05, 4.69) is 10.1 Å². The van der Waals surface area contributed by atoms with Gasteiger partial charge in [-0.2, -0.15) is 18.2 Å². The lowest BCUT2D eigenvalue weighted by molar-refractivity contribution is -0.140. The SMILES string of the molecule is O=C(NCC(F)(F)F)C1CCCN(c2noc(-c3ccccc3)n2)C1. The number of carbonyl (C=O) groups is 1. The summed E-state index contributed by atoms with van der Waals surface area (Å²) in [5, 5.41) is 5.86. The Balaban J connectivity index is 1.64. The van der Waals surface area contributed by atoms with Crippen molar-refractivity contribution in [1.29, 1.82) is 0 Å². The highest BCUT2D eigenvalue weighted by molar-refractivity contribution is 5.79. The van der Waals surface area contributed by atoms with Gasteiger partial charge < -0.3 is 14.7 Å². The molecule has 2 aromatic rings. The van der Waals surface area contributed by atoms with Crippen molar-refractivity contribution in [2.24, 2.45) is 5.92 Å². The first-order valence-corrected chi connectivity index (χ1v) is 7.91. The minimum Gasteiger partial charge on any atom is -0.347 e. The van der Waals surface area contributed by atoms with Gasteiger partial charge in [-0.05, 0) is 30.1 Å². The van der Waals surface area contributed by atoms with Crippen LogP contribution in [0.15, 0.2) is 34.9 Å². The topological polar surface area (TPSA) is 71.3 Å². The van der Waals surface area contributed by atoms with Gasteiger partial charge >= 0.3 is 6.18 Å². The van der Waals surface area contributed by atoms with Crippen LogP contribution in [0, 0.1) is 5.92 Å². The molecular weight excluding hydrogens is 337 g/mol. The van der Waals surface area contributed by atoms with Crippen molar-refractivity contribution in [3.8, 4) is 11.5 Å². The van der Waals surface area contributed by atoms with E-state index >= 15 is 0 Å². The molecule has 0 saturated carbocycles. The van der Waals surface area contributed by atoms with Crippen LogP contribution < -0.4 is 10.2 Å². The summed E-state index contributed by atoms with van der Waals surface area (Å²) >= 11 is 0. The molecule has 1 amide bonds. The zero-order valence-corrected chi connectivity index (χ0v) is 13.3. The summed E-state index contributed by atoms with van der Waals surface area (Å²) in [5.41, 5.74) is 0.776. The molecule has 25 heavy (non-hydrogen) atoms. The van der Waals surface area contributed by atoms with Gasteiger partial charge in [-0.15, -0.1) is 0 Å². The number of anilines is 1. The molecule has 134 valence electrons. The van der Waals surface area contributed by atoms with Crippen molar-refractivity contribution in [2.75, 3.05) is 24.5 Å². The maximum absolute atomic E-state index is 12.2. The zero-order chi connectivity index (χ0) is 17.9. The molecule has 1 aliphatic rings. The van der Waals surface area contributed by atoms with Crippen LogP contribution in [0.4, 0.5) is 19.1 Å². The molecule has 1 N–H and O–H groups in total. The van der Waals surface area contributed by atoms with E-state index in [1.165, 1.54) is 0 Å². The van der Waals surface area contributed by atoms with Gasteiger partial charge in [0, 0.05) is 18.7 Å². The first kappa shape index (κ1) is 17.2. The number of hydrogen-bond donors (Lipinski definition) is 1. The molecule has 1 saturated heterocycles. The van der Waals surface area contributed by atoms with Gasteiger partial charge in [0.15, 0.2) is 0 Å². The van der Waals surface area contributed by atoms with Crippen molar-refractivity contribution in [3.05, 3.63) is 30.3 Å². The van der Waals surface area contributed by atoms with Crippen LogP contribution >= 0.6 is 0 Å². The molecule has 0 aliphatic carbocycles. The molecule has 3 rings (SSSR count). The lowest BCUT2D eigenvalue weighted by Gasteiger charge is -2.30. The smallest absolute Gasteiger partial charge is 0.347 e. The molecular formula is C16H17F3N4O2. The monoisotopic (exact) mass is 354 g/mol. The van der Waals surface area contributed by atoms with Gasteiger partial charge in [-0.3, -0.25) is 4.79 Å². The van der Waals surface area contributed by atoms with Crippen LogP contribution in [0.5, 0.6) is 0 Å². The predicted molar refractivity (Wildman–Crippen MR) is 83.7 cm³/mol. The summed E-state index contributed by atoms with van der Waals surface area (Å²) < 4.78 is 41.9. The zero-order valence-electron chi connectivity index (χ0n) is 13.3. The number of piperidine rings is 1. The van der Waals surface area contributed by atoms with Crippen molar-refractivity contribution >= 4 is 11.9 Å². The van der Waals surface area contributed by atoms with E-state index < -0.39 is 24.5 Å². The summed E-state index contributed by atoms with van der Waals surface area (Å²) in [6.45, 7) is -0.434. The van der Waals surface area contributed by atoms with E-state index in [1.54, 1.807) is 4.90 Å². The molecule has 6 nitrogen and oxygen atoms in total. The van der Waals surface area contributed by atoms with Crippen LogP contribution in [0.25, 0.3) is 11.5 Å². The normalized spacial score (nSPS) is 18.2. The number of nitrogens with zero attached hydrogens (tertiary/aromatic N) is 3. The first-order chi connectivity index (χ1) is 11.9. The van der Waals surface area contributed by atoms with Crippen LogP contribution in [0.1, 0.15) is 12.8 Å². The molecule has 1 aromatic carbocycles. The Morgan fingerprint density at radius 1 is 1.32 bits per heavy atom. The molecule has 2 heterocycles. The second kappa shape index (κ2) is 7.12. The van der Waals surface area contributed by atoms with E-state index in [9.17, 15) is 18.0 Å². The van der Waals surface area contributed by atoms with Crippen LogP contribution in [-0.2, 0) is 4.79 Å². The number of aromatic nitrogens is 2.